The molecule has 0 spiro atoms. The van der Waals surface area contributed by atoms with E-state index in [1.807, 2.05) is 49.6 Å². The van der Waals surface area contributed by atoms with Crippen LogP contribution in [0.5, 0.6) is 0 Å². The number of aliphatic hydroxyl groups excluding tert-OH is 1. The second-order valence-corrected chi connectivity index (χ2v) is 4.65. The van der Waals surface area contributed by atoms with Crippen molar-refractivity contribution in [3.63, 3.8) is 0 Å². The highest BCUT2D eigenvalue weighted by Gasteiger charge is 2.10. The van der Waals surface area contributed by atoms with Crippen LogP contribution >= 0.6 is 11.8 Å². The van der Waals surface area contributed by atoms with Gasteiger partial charge >= 0.3 is 0 Å². The van der Waals surface area contributed by atoms with Gasteiger partial charge < -0.3 is 5.11 Å². The molecule has 2 rings (SSSR count). The zero-order valence-electron chi connectivity index (χ0n) is 9.08. The van der Waals surface area contributed by atoms with E-state index in [0.29, 0.717) is 5.75 Å². The van der Waals surface area contributed by atoms with Crippen LogP contribution in [0.1, 0.15) is 11.8 Å². The number of hydrogen-bond donors (Lipinski definition) is 1. The third kappa shape index (κ3) is 2.87. The van der Waals surface area contributed by atoms with Crippen LogP contribution < -0.4 is 0 Å². The van der Waals surface area contributed by atoms with Crippen LogP contribution in [0.2, 0.25) is 0 Å². The van der Waals surface area contributed by atoms with Gasteiger partial charge in [0.15, 0.2) is 0 Å². The highest BCUT2D eigenvalue weighted by Crippen LogP contribution is 2.23. The molecule has 0 aliphatic heterocycles. The second-order valence-electron chi connectivity index (χ2n) is 3.55. The van der Waals surface area contributed by atoms with Crippen LogP contribution in [-0.2, 0) is 7.05 Å². The van der Waals surface area contributed by atoms with Crippen molar-refractivity contribution in [1.29, 1.82) is 0 Å². The minimum Gasteiger partial charge on any atom is -0.386 e. The molecule has 1 atom stereocenters. The summed E-state index contributed by atoms with van der Waals surface area (Å²) < 4.78 is 1.70. The van der Waals surface area contributed by atoms with Crippen LogP contribution in [0.15, 0.2) is 47.5 Å². The Morgan fingerprint density at radius 3 is 2.69 bits per heavy atom. The van der Waals surface area contributed by atoms with E-state index in [4.69, 9.17) is 0 Å². The van der Waals surface area contributed by atoms with E-state index in [2.05, 4.69) is 5.10 Å². The molecule has 0 saturated heterocycles. The van der Waals surface area contributed by atoms with Crippen molar-refractivity contribution in [2.75, 3.05) is 5.75 Å². The molecule has 0 bridgehead atoms. The first-order valence-electron chi connectivity index (χ1n) is 5.11. The summed E-state index contributed by atoms with van der Waals surface area (Å²) in [6, 6.07) is 11.9. The van der Waals surface area contributed by atoms with Crippen molar-refractivity contribution < 1.29 is 5.11 Å². The van der Waals surface area contributed by atoms with Crippen LogP contribution in [0.4, 0.5) is 0 Å². The highest BCUT2D eigenvalue weighted by atomic mass is 32.2. The average molecular weight is 234 g/mol. The number of hydrogen-bond acceptors (Lipinski definition) is 3. The summed E-state index contributed by atoms with van der Waals surface area (Å²) in [5, 5.41) is 14.1. The van der Waals surface area contributed by atoms with E-state index in [1.54, 1.807) is 16.4 Å². The first-order valence-corrected chi connectivity index (χ1v) is 6.10. The molecule has 84 valence electrons. The Morgan fingerprint density at radius 1 is 1.31 bits per heavy atom. The van der Waals surface area contributed by atoms with Crippen LogP contribution in [-0.4, -0.2) is 20.6 Å². The maximum Gasteiger partial charge on any atom is 0.107 e. The standard InChI is InChI=1S/C12H14N2OS/c1-14-8-7-11(13-14)12(15)9-16-10-5-3-2-4-6-10/h2-8,12,15H,9H2,1H3. The number of aryl methyl sites for hydroxylation is 1. The molecular weight excluding hydrogens is 220 g/mol. The fourth-order valence-corrected chi connectivity index (χ4v) is 2.26. The third-order valence-electron chi connectivity index (χ3n) is 2.23. The fourth-order valence-electron chi connectivity index (χ4n) is 1.39. The molecule has 0 amide bonds. The van der Waals surface area contributed by atoms with Gasteiger partial charge in [0.2, 0.25) is 0 Å². The maximum atomic E-state index is 9.90. The topological polar surface area (TPSA) is 38.0 Å². The quantitative estimate of drug-likeness (QED) is 0.824. The number of benzene rings is 1. The first kappa shape index (κ1) is 11.2. The predicted octanol–water partition coefficient (Wildman–Crippen LogP) is 2.25. The number of thioether (sulfide) groups is 1. The highest BCUT2D eigenvalue weighted by molar-refractivity contribution is 7.99. The van der Waals surface area contributed by atoms with Crippen molar-refractivity contribution in [3.8, 4) is 0 Å². The first-order chi connectivity index (χ1) is 7.75. The lowest BCUT2D eigenvalue weighted by atomic mass is 10.3. The van der Waals surface area contributed by atoms with Crippen molar-refractivity contribution in [2.45, 2.75) is 11.0 Å². The Morgan fingerprint density at radius 2 is 2.06 bits per heavy atom. The molecule has 1 heterocycles. The largest absolute Gasteiger partial charge is 0.386 e. The zero-order valence-corrected chi connectivity index (χ0v) is 9.89. The predicted molar refractivity (Wildman–Crippen MR) is 65.3 cm³/mol. The van der Waals surface area contributed by atoms with E-state index >= 15 is 0 Å². The molecule has 0 radical (unpaired) electrons. The van der Waals surface area contributed by atoms with Crippen LogP contribution in [0.25, 0.3) is 0 Å². The van der Waals surface area contributed by atoms with Crippen LogP contribution in [0, 0.1) is 0 Å². The van der Waals surface area contributed by atoms with Gasteiger partial charge in [0.1, 0.15) is 6.10 Å². The molecule has 1 aromatic carbocycles. The number of rotatable bonds is 4. The molecule has 1 unspecified atom stereocenters. The Kier molecular flexibility index (Phi) is 3.64. The van der Waals surface area contributed by atoms with Crippen LogP contribution in [0.3, 0.4) is 0 Å². The van der Waals surface area contributed by atoms with E-state index in [9.17, 15) is 5.11 Å². The lowest BCUT2D eigenvalue weighted by molar-refractivity contribution is 0.198. The Labute approximate surface area is 99.1 Å². The molecular formula is C12H14N2OS. The molecule has 0 aliphatic rings. The van der Waals surface area contributed by atoms with E-state index in [0.717, 1.165) is 10.6 Å². The summed E-state index contributed by atoms with van der Waals surface area (Å²) in [5.74, 6) is 0.626. The van der Waals surface area contributed by atoms with Crippen molar-refractivity contribution in [2.24, 2.45) is 7.05 Å². The summed E-state index contributed by atoms with van der Waals surface area (Å²) >= 11 is 1.63. The lowest BCUT2D eigenvalue weighted by Gasteiger charge is -2.07. The smallest absolute Gasteiger partial charge is 0.107 e. The molecule has 3 nitrogen and oxygen atoms in total. The Bertz CT molecular complexity index is 441. The number of aromatic nitrogens is 2. The molecule has 1 N–H and O–H groups in total. The lowest BCUT2D eigenvalue weighted by Crippen LogP contribution is -2.02. The summed E-state index contributed by atoms with van der Waals surface area (Å²) in [4.78, 5) is 1.16. The van der Waals surface area contributed by atoms with Gasteiger partial charge in [-0.25, -0.2) is 0 Å². The van der Waals surface area contributed by atoms with Gasteiger partial charge in [-0.05, 0) is 18.2 Å². The van der Waals surface area contributed by atoms with Gasteiger partial charge in [-0.1, -0.05) is 18.2 Å². The van der Waals surface area contributed by atoms with E-state index < -0.39 is 6.10 Å². The normalized spacial score (nSPS) is 12.6. The summed E-state index contributed by atoms with van der Waals surface area (Å²) in [6.07, 6.45) is 1.33. The number of nitrogens with zero attached hydrogens (tertiary/aromatic N) is 2. The summed E-state index contributed by atoms with van der Waals surface area (Å²) in [6.45, 7) is 0. The van der Waals surface area contributed by atoms with Gasteiger partial charge in [0.05, 0.1) is 5.69 Å². The Balaban J connectivity index is 1.91. The van der Waals surface area contributed by atoms with Gasteiger partial charge in [0.25, 0.3) is 0 Å². The van der Waals surface area contributed by atoms with Crippen molar-refractivity contribution in [1.82, 2.24) is 9.78 Å². The molecule has 1 aromatic heterocycles. The molecule has 16 heavy (non-hydrogen) atoms. The molecule has 4 heteroatoms. The van der Waals surface area contributed by atoms with E-state index in [-0.39, 0.29) is 0 Å². The second kappa shape index (κ2) is 5.18. The molecule has 0 aliphatic carbocycles. The van der Waals surface area contributed by atoms with Gasteiger partial charge in [-0.15, -0.1) is 11.8 Å². The van der Waals surface area contributed by atoms with Gasteiger partial charge in [-0.3, -0.25) is 4.68 Å². The third-order valence-corrected chi connectivity index (χ3v) is 3.31. The van der Waals surface area contributed by atoms with Crippen molar-refractivity contribution in [3.05, 3.63) is 48.3 Å². The minimum atomic E-state index is -0.508. The summed E-state index contributed by atoms with van der Waals surface area (Å²) in [7, 11) is 1.85. The van der Waals surface area contributed by atoms with Crippen molar-refractivity contribution >= 4 is 11.8 Å². The molecule has 0 fully saturated rings. The monoisotopic (exact) mass is 234 g/mol. The SMILES string of the molecule is Cn1ccc(C(O)CSc2ccccc2)n1. The Hall–Kier alpha value is -1.26. The minimum absolute atomic E-state index is 0.508. The maximum absolute atomic E-state index is 9.90. The van der Waals surface area contributed by atoms with Gasteiger partial charge in [0, 0.05) is 23.9 Å². The van der Waals surface area contributed by atoms with E-state index in [1.165, 1.54) is 0 Å². The zero-order chi connectivity index (χ0) is 11.4. The number of aliphatic hydroxyl groups is 1. The average Bonchev–Trinajstić information content (AvgIpc) is 2.74. The van der Waals surface area contributed by atoms with Gasteiger partial charge in [-0.2, -0.15) is 5.10 Å². The molecule has 0 saturated carbocycles. The molecule has 2 aromatic rings. The fraction of sp³-hybridized carbons (Fsp3) is 0.250. The summed E-state index contributed by atoms with van der Waals surface area (Å²) in [5.41, 5.74) is 0.728.